The molecule has 100 valence electrons. The quantitative estimate of drug-likeness (QED) is 0.763. The Hall–Kier alpha value is -2.82. The number of amides is 1. The number of furan rings is 1. The second-order valence-electron chi connectivity index (χ2n) is 4.28. The van der Waals surface area contributed by atoms with Gasteiger partial charge in [-0.2, -0.15) is 0 Å². The van der Waals surface area contributed by atoms with Crippen LogP contribution in [-0.4, -0.2) is 15.9 Å². The highest BCUT2D eigenvalue weighted by Gasteiger charge is 2.08. The summed E-state index contributed by atoms with van der Waals surface area (Å²) in [7, 11) is 0. The molecule has 5 nitrogen and oxygen atoms in total. The zero-order chi connectivity index (χ0) is 13.8. The number of nitrogens with one attached hydrogen (secondary N) is 2. The number of hydrogen-bond donors (Lipinski definition) is 2. The summed E-state index contributed by atoms with van der Waals surface area (Å²) in [5, 5.41) is 2.76. The zero-order valence-electron chi connectivity index (χ0n) is 10.7. The minimum Gasteiger partial charge on any atom is -0.459 e. The standard InChI is InChI=1S/C15H13N3O2/c19-15(13-9-16-10-18-13)17-8-12-6-7-14(20-12)11-4-2-1-3-5-11/h1-7,9-10H,8H2,(H,16,18)(H,17,19). The fraction of sp³-hybridized carbons (Fsp3) is 0.0667. The van der Waals surface area contributed by atoms with Gasteiger partial charge in [0.2, 0.25) is 0 Å². The van der Waals surface area contributed by atoms with Crippen molar-refractivity contribution in [1.29, 1.82) is 0 Å². The predicted molar refractivity (Wildman–Crippen MR) is 73.9 cm³/mol. The SMILES string of the molecule is O=C(NCc1ccc(-c2ccccc2)o1)c1cnc[nH]1. The fourth-order valence-electron chi connectivity index (χ4n) is 1.87. The molecule has 0 atom stereocenters. The van der Waals surface area contributed by atoms with Crippen molar-refractivity contribution in [2.24, 2.45) is 0 Å². The van der Waals surface area contributed by atoms with E-state index in [-0.39, 0.29) is 5.91 Å². The molecule has 0 unspecified atom stereocenters. The molecular weight excluding hydrogens is 254 g/mol. The highest BCUT2D eigenvalue weighted by atomic mass is 16.3. The van der Waals surface area contributed by atoms with Gasteiger partial charge in [0, 0.05) is 5.56 Å². The molecule has 0 saturated carbocycles. The number of carbonyl (C=O) groups excluding carboxylic acids is 1. The molecule has 20 heavy (non-hydrogen) atoms. The van der Waals surface area contributed by atoms with Gasteiger partial charge in [-0.3, -0.25) is 4.79 Å². The molecule has 0 aliphatic heterocycles. The second-order valence-corrected chi connectivity index (χ2v) is 4.28. The van der Waals surface area contributed by atoms with Crippen molar-refractivity contribution in [2.45, 2.75) is 6.54 Å². The number of imidazole rings is 1. The lowest BCUT2D eigenvalue weighted by molar-refractivity contribution is 0.0943. The summed E-state index contributed by atoms with van der Waals surface area (Å²) in [6.45, 7) is 0.338. The third kappa shape index (κ3) is 2.61. The van der Waals surface area contributed by atoms with Gasteiger partial charge in [-0.25, -0.2) is 4.98 Å². The molecule has 0 fully saturated rings. The Morgan fingerprint density at radius 1 is 1.20 bits per heavy atom. The van der Waals surface area contributed by atoms with Crippen LogP contribution in [0, 0.1) is 0 Å². The van der Waals surface area contributed by atoms with Crippen LogP contribution in [0.2, 0.25) is 0 Å². The van der Waals surface area contributed by atoms with E-state index in [0.29, 0.717) is 18.0 Å². The summed E-state index contributed by atoms with van der Waals surface area (Å²) >= 11 is 0. The number of rotatable bonds is 4. The van der Waals surface area contributed by atoms with E-state index in [1.807, 2.05) is 42.5 Å². The van der Waals surface area contributed by atoms with Gasteiger partial charge in [0.05, 0.1) is 19.1 Å². The minimum absolute atomic E-state index is 0.208. The Bertz CT molecular complexity index is 687. The molecule has 2 heterocycles. The van der Waals surface area contributed by atoms with Crippen LogP contribution in [0.1, 0.15) is 16.2 Å². The maximum Gasteiger partial charge on any atom is 0.269 e. The molecule has 0 saturated heterocycles. The van der Waals surface area contributed by atoms with Crippen LogP contribution in [-0.2, 0) is 6.54 Å². The molecule has 0 radical (unpaired) electrons. The van der Waals surface area contributed by atoms with Crippen molar-refractivity contribution in [3.05, 3.63) is 66.4 Å². The number of H-pyrrole nitrogens is 1. The summed E-state index contributed by atoms with van der Waals surface area (Å²) in [6.07, 6.45) is 2.95. The monoisotopic (exact) mass is 267 g/mol. The molecule has 5 heteroatoms. The third-order valence-electron chi connectivity index (χ3n) is 2.89. The Morgan fingerprint density at radius 2 is 2.05 bits per heavy atom. The van der Waals surface area contributed by atoms with Crippen molar-refractivity contribution < 1.29 is 9.21 Å². The first kappa shape index (κ1) is 12.2. The fourth-order valence-corrected chi connectivity index (χ4v) is 1.87. The van der Waals surface area contributed by atoms with Crippen LogP contribution < -0.4 is 5.32 Å². The molecular formula is C15H13N3O2. The van der Waals surface area contributed by atoms with Crippen LogP contribution >= 0.6 is 0 Å². The average Bonchev–Trinajstić information content (AvgIpc) is 3.17. The lowest BCUT2D eigenvalue weighted by Gasteiger charge is -2.01. The minimum atomic E-state index is -0.208. The highest BCUT2D eigenvalue weighted by Crippen LogP contribution is 2.21. The van der Waals surface area contributed by atoms with E-state index >= 15 is 0 Å². The number of carbonyl (C=O) groups is 1. The van der Waals surface area contributed by atoms with Gasteiger partial charge < -0.3 is 14.7 Å². The smallest absolute Gasteiger partial charge is 0.269 e. The normalized spacial score (nSPS) is 10.4. The highest BCUT2D eigenvalue weighted by molar-refractivity contribution is 5.91. The van der Waals surface area contributed by atoms with Crippen molar-refractivity contribution in [3.63, 3.8) is 0 Å². The number of nitrogens with zero attached hydrogens (tertiary/aromatic N) is 1. The van der Waals surface area contributed by atoms with Crippen LogP contribution in [0.25, 0.3) is 11.3 Å². The molecule has 2 aromatic heterocycles. The van der Waals surface area contributed by atoms with Gasteiger partial charge in [0.1, 0.15) is 17.2 Å². The van der Waals surface area contributed by atoms with E-state index in [2.05, 4.69) is 15.3 Å². The largest absolute Gasteiger partial charge is 0.459 e. The first-order valence-electron chi connectivity index (χ1n) is 6.23. The molecule has 0 bridgehead atoms. The van der Waals surface area contributed by atoms with E-state index in [1.165, 1.54) is 12.5 Å². The predicted octanol–water partition coefficient (Wildman–Crippen LogP) is 2.60. The molecule has 3 rings (SSSR count). The number of benzene rings is 1. The lowest BCUT2D eigenvalue weighted by atomic mass is 10.2. The van der Waals surface area contributed by atoms with Crippen molar-refractivity contribution >= 4 is 5.91 Å². The first-order chi connectivity index (χ1) is 9.83. The molecule has 0 aliphatic carbocycles. The van der Waals surface area contributed by atoms with E-state index in [1.54, 1.807) is 0 Å². The Morgan fingerprint density at radius 3 is 2.80 bits per heavy atom. The number of hydrogen-bond acceptors (Lipinski definition) is 3. The topological polar surface area (TPSA) is 70.9 Å². The van der Waals surface area contributed by atoms with Gasteiger partial charge in [0.25, 0.3) is 5.91 Å². The maximum atomic E-state index is 11.7. The van der Waals surface area contributed by atoms with Gasteiger partial charge in [-0.1, -0.05) is 30.3 Å². The molecule has 1 amide bonds. The molecule has 0 aliphatic rings. The van der Waals surface area contributed by atoms with E-state index in [4.69, 9.17) is 4.42 Å². The van der Waals surface area contributed by atoms with Crippen LogP contribution in [0.15, 0.2) is 59.4 Å². The average molecular weight is 267 g/mol. The third-order valence-corrected chi connectivity index (χ3v) is 2.89. The Balaban J connectivity index is 1.65. The van der Waals surface area contributed by atoms with Gasteiger partial charge >= 0.3 is 0 Å². The van der Waals surface area contributed by atoms with E-state index in [0.717, 1.165) is 11.3 Å². The molecule has 3 aromatic rings. The van der Waals surface area contributed by atoms with Gasteiger partial charge in [-0.15, -0.1) is 0 Å². The summed E-state index contributed by atoms with van der Waals surface area (Å²) < 4.78 is 5.70. The Kier molecular flexibility index (Phi) is 3.33. The second kappa shape index (κ2) is 5.44. The summed E-state index contributed by atoms with van der Waals surface area (Å²) in [6, 6.07) is 13.6. The van der Waals surface area contributed by atoms with Crippen molar-refractivity contribution in [1.82, 2.24) is 15.3 Å². The van der Waals surface area contributed by atoms with Crippen LogP contribution in [0.5, 0.6) is 0 Å². The van der Waals surface area contributed by atoms with E-state index in [9.17, 15) is 4.79 Å². The number of aromatic amines is 1. The van der Waals surface area contributed by atoms with Crippen LogP contribution in [0.4, 0.5) is 0 Å². The maximum absolute atomic E-state index is 11.7. The first-order valence-corrected chi connectivity index (χ1v) is 6.23. The van der Waals surface area contributed by atoms with E-state index < -0.39 is 0 Å². The van der Waals surface area contributed by atoms with Crippen molar-refractivity contribution in [2.75, 3.05) is 0 Å². The van der Waals surface area contributed by atoms with Gasteiger partial charge in [0.15, 0.2) is 0 Å². The summed E-state index contributed by atoms with van der Waals surface area (Å²) in [4.78, 5) is 18.3. The summed E-state index contributed by atoms with van der Waals surface area (Å²) in [5.74, 6) is 1.29. The summed E-state index contributed by atoms with van der Waals surface area (Å²) in [5.41, 5.74) is 1.44. The molecule has 0 spiro atoms. The van der Waals surface area contributed by atoms with Gasteiger partial charge in [-0.05, 0) is 12.1 Å². The lowest BCUT2D eigenvalue weighted by Crippen LogP contribution is -2.22. The van der Waals surface area contributed by atoms with Crippen LogP contribution in [0.3, 0.4) is 0 Å². The Labute approximate surface area is 115 Å². The van der Waals surface area contributed by atoms with Crippen molar-refractivity contribution in [3.8, 4) is 11.3 Å². The molecule has 2 N–H and O–H groups in total. The zero-order valence-corrected chi connectivity index (χ0v) is 10.7. The molecule has 1 aromatic carbocycles. The number of aromatic nitrogens is 2.